The first kappa shape index (κ1) is 37.3. The molecule has 3 rings (SSSR count). The van der Waals surface area contributed by atoms with Gasteiger partial charge in [-0.05, 0) is 5.56 Å². The molecule has 47 heavy (non-hydrogen) atoms. The molecular formula is C31H40O16. The topological polar surface area (TPSA) is 195 Å². The Morgan fingerprint density at radius 1 is 0.617 bits per heavy atom. The maximum Gasteiger partial charge on any atom is 0.305 e. The van der Waals surface area contributed by atoms with Crippen molar-refractivity contribution in [3.8, 4) is 0 Å². The first-order valence-electron chi connectivity index (χ1n) is 14.8. The van der Waals surface area contributed by atoms with Gasteiger partial charge >= 0.3 is 35.8 Å². The summed E-state index contributed by atoms with van der Waals surface area (Å²) in [6, 6.07) is 8.94. The molecule has 0 unspecified atom stereocenters. The Labute approximate surface area is 271 Å². The third kappa shape index (κ3) is 11.9. The van der Waals surface area contributed by atoms with Crippen LogP contribution in [0.2, 0.25) is 0 Å². The molecule has 0 saturated carbocycles. The average molecular weight is 669 g/mol. The molecular weight excluding hydrogens is 628 g/mol. The van der Waals surface area contributed by atoms with Gasteiger partial charge in [-0.25, -0.2) is 0 Å². The fraction of sp³-hybridized carbons (Fsp3) is 0.613. The van der Waals surface area contributed by atoms with Crippen molar-refractivity contribution in [2.45, 2.75) is 110 Å². The summed E-state index contributed by atoms with van der Waals surface area (Å²) in [7, 11) is 0. The van der Waals surface area contributed by atoms with Crippen molar-refractivity contribution >= 4 is 35.8 Å². The number of ether oxygens (including phenoxy) is 10. The summed E-state index contributed by atoms with van der Waals surface area (Å²) in [5, 5.41) is 0. The second-order valence-corrected chi connectivity index (χ2v) is 10.8. The molecule has 1 aromatic carbocycles. The summed E-state index contributed by atoms with van der Waals surface area (Å²) in [6.07, 6.45) is -11.8. The Bertz CT molecular complexity index is 1230. The largest absolute Gasteiger partial charge is 0.463 e. The SMILES string of the molecule is CC(=O)OC[C@H]1C[C@H](OC(C)=O)[C@H](O[C@H]2O[C@H](COC(C)=O)[C@@H](OC(C)=O)[C@H](OCc3ccccc3)[C@@H]2OC(C)=O)[C@@H](OC(C)=O)O1. The predicted octanol–water partition coefficient (Wildman–Crippen LogP) is 1.28. The lowest BCUT2D eigenvalue weighted by Crippen LogP contribution is -2.64. The van der Waals surface area contributed by atoms with Gasteiger partial charge in [0.15, 0.2) is 24.6 Å². The van der Waals surface area contributed by atoms with Gasteiger partial charge in [0.2, 0.25) is 6.29 Å². The molecule has 2 aliphatic rings. The Morgan fingerprint density at radius 3 is 1.77 bits per heavy atom. The molecule has 0 bridgehead atoms. The van der Waals surface area contributed by atoms with E-state index in [1.165, 1.54) is 13.8 Å². The lowest BCUT2D eigenvalue weighted by Gasteiger charge is -2.47. The zero-order chi connectivity index (χ0) is 34.7. The summed E-state index contributed by atoms with van der Waals surface area (Å²) >= 11 is 0. The van der Waals surface area contributed by atoms with Crippen LogP contribution in [0.3, 0.4) is 0 Å². The van der Waals surface area contributed by atoms with E-state index in [1.54, 1.807) is 24.3 Å². The van der Waals surface area contributed by atoms with E-state index in [-0.39, 0.29) is 19.6 Å². The monoisotopic (exact) mass is 668 g/mol. The van der Waals surface area contributed by atoms with E-state index in [1.807, 2.05) is 6.07 Å². The highest BCUT2D eigenvalue weighted by Gasteiger charge is 2.54. The molecule has 16 nitrogen and oxygen atoms in total. The Hall–Kier alpha value is -4.12. The smallest absolute Gasteiger partial charge is 0.305 e. The number of rotatable bonds is 13. The molecule has 0 amide bonds. The van der Waals surface area contributed by atoms with Gasteiger partial charge in [0.05, 0.1) is 12.7 Å². The number of esters is 6. The van der Waals surface area contributed by atoms with Crippen molar-refractivity contribution in [2.75, 3.05) is 13.2 Å². The predicted molar refractivity (Wildman–Crippen MR) is 154 cm³/mol. The molecule has 1 aromatic rings. The van der Waals surface area contributed by atoms with Crippen molar-refractivity contribution in [1.82, 2.24) is 0 Å². The number of hydrogen-bond donors (Lipinski definition) is 0. The van der Waals surface area contributed by atoms with Gasteiger partial charge in [0.1, 0.15) is 31.5 Å². The standard InChI is InChI=1S/C31H40O16/c1-16(32)38-14-23-12-24(41-18(3)34)27(30(45-23)44-21(6)37)47-31-29(43-20(5)36)28(40-13-22-10-8-7-9-11-22)26(42-19(4)35)25(46-31)15-39-17(2)33/h7-11,23-31H,12-15H2,1-6H3/t23-,24+,25-,26-,27+,28+,29+,30+,31-/m1/s1. The molecule has 2 saturated heterocycles. The second kappa shape index (κ2) is 17.7. The van der Waals surface area contributed by atoms with E-state index in [2.05, 4.69) is 0 Å². The molecule has 2 aliphatic heterocycles. The first-order valence-corrected chi connectivity index (χ1v) is 14.8. The third-order valence-corrected chi connectivity index (χ3v) is 6.75. The Morgan fingerprint density at radius 2 is 1.19 bits per heavy atom. The van der Waals surface area contributed by atoms with Crippen LogP contribution < -0.4 is 0 Å². The highest BCUT2D eigenvalue weighted by molar-refractivity contribution is 5.68. The molecule has 2 fully saturated rings. The van der Waals surface area contributed by atoms with Crippen LogP contribution in [0.4, 0.5) is 0 Å². The van der Waals surface area contributed by atoms with Gasteiger partial charge in [-0.3, -0.25) is 28.8 Å². The van der Waals surface area contributed by atoms with E-state index in [4.69, 9.17) is 47.4 Å². The molecule has 0 aromatic heterocycles. The zero-order valence-corrected chi connectivity index (χ0v) is 26.9. The first-order chi connectivity index (χ1) is 22.2. The van der Waals surface area contributed by atoms with Crippen LogP contribution in [0.15, 0.2) is 30.3 Å². The minimum absolute atomic E-state index is 0.0371. The lowest BCUT2D eigenvalue weighted by molar-refractivity contribution is -0.356. The second-order valence-electron chi connectivity index (χ2n) is 10.8. The molecule has 0 aliphatic carbocycles. The van der Waals surface area contributed by atoms with Crippen LogP contribution in [0.1, 0.15) is 53.5 Å². The molecule has 9 atom stereocenters. The highest BCUT2D eigenvalue weighted by atomic mass is 16.8. The van der Waals surface area contributed by atoms with E-state index >= 15 is 0 Å². The van der Waals surface area contributed by atoms with Gasteiger partial charge < -0.3 is 47.4 Å². The van der Waals surface area contributed by atoms with Crippen LogP contribution in [-0.4, -0.2) is 104 Å². The van der Waals surface area contributed by atoms with Crippen LogP contribution >= 0.6 is 0 Å². The number of benzene rings is 1. The molecule has 0 spiro atoms. The lowest BCUT2D eigenvalue weighted by atomic mass is 9.97. The molecule has 0 N–H and O–H groups in total. The summed E-state index contributed by atoms with van der Waals surface area (Å²) in [5.41, 5.74) is 0.723. The van der Waals surface area contributed by atoms with E-state index in [9.17, 15) is 28.8 Å². The summed E-state index contributed by atoms with van der Waals surface area (Å²) in [5.74, 6) is -4.28. The molecule has 260 valence electrons. The zero-order valence-electron chi connectivity index (χ0n) is 26.9. The minimum atomic E-state index is -1.58. The van der Waals surface area contributed by atoms with Crippen LogP contribution in [-0.2, 0) is 82.7 Å². The van der Waals surface area contributed by atoms with Gasteiger partial charge in [0, 0.05) is 48.0 Å². The quantitative estimate of drug-likeness (QED) is 0.215. The van der Waals surface area contributed by atoms with Crippen molar-refractivity contribution < 1.29 is 76.1 Å². The van der Waals surface area contributed by atoms with E-state index < -0.39 is 97.7 Å². The highest BCUT2D eigenvalue weighted by Crippen LogP contribution is 2.34. The van der Waals surface area contributed by atoms with Crippen molar-refractivity contribution in [3.63, 3.8) is 0 Å². The molecule has 16 heteroatoms. The maximum atomic E-state index is 12.4. The van der Waals surface area contributed by atoms with Crippen LogP contribution in [0.5, 0.6) is 0 Å². The Balaban J connectivity index is 2.04. The summed E-state index contributed by atoms with van der Waals surface area (Å²) in [4.78, 5) is 72.1. The van der Waals surface area contributed by atoms with Crippen LogP contribution in [0.25, 0.3) is 0 Å². The van der Waals surface area contributed by atoms with Crippen LogP contribution in [0, 0.1) is 0 Å². The number of carbonyl (C=O) groups excluding carboxylic acids is 6. The van der Waals surface area contributed by atoms with Crippen molar-refractivity contribution in [3.05, 3.63) is 35.9 Å². The Kier molecular flexibility index (Phi) is 14.1. The third-order valence-electron chi connectivity index (χ3n) is 6.75. The normalized spacial score (nSPS) is 28.7. The fourth-order valence-electron chi connectivity index (χ4n) is 5.03. The number of hydrogen-bond acceptors (Lipinski definition) is 16. The average Bonchev–Trinajstić information content (AvgIpc) is 2.97. The maximum absolute atomic E-state index is 12.4. The molecule has 0 radical (unpaired) electrons. The minimum Gasteiger partial charge on any atom is -0.463 e. The van der Waals surface area contributed by atoms with Gasteiger partial charge in [0.25, 0.3) is 0 Å². The fourth-order valence-corrected chi connectivity index (χ4v) is 5.03. The van der Waals surface area contributed by atoms with E-state index in [0.717, 1.165) is 33.3 Å². The van der Waals surface area contributed by atoms with Crippen molar-refractivity contribution in [1.29, 1.82) is 0 Å². The van der Waals surface area contributed by atoms with Gasteiger partial charge in [-0.1, -0.05) is 30.3 Å². The molecule has 2 heterocycles. The van der Waals surface area contributed by atoms with Gasteiger partial charge in [-0.2, -0.15) is 0 Å². The summed E-state index contributed by atoms with van der Waals surface area (Å²) in [6.45, 7) is 6.19. The summed E-state index contributed by atoms with van der Waals surface area (Å²) < 4.78 is 56.8. The number of carbonyl (C=O) groups is 6. The van der Waals surface area contributed by atoms with E-state index in [0.29, 0.717) is 0 Å². The van der Waals surface area contributed by atoms with Crippen molar-refractivity contribution in [2.24, 2.45) is 0 Å². The van der Waals surface area contributed by atoms with Gasteiger partial charge in [-0.15, -0.1) is 0 Å².